The number of rotatable bonds is 3. The molecule has 0 spiro atoms. The average Bonchev–Trinajstić information content (AvgIpc) is 2.50. The molecule has 4 nitrogen and oxygen atoms in total. The molecule has 2 atom stereocenters. The van der Waals surface area contributed by atoms with Crippen molar-refractivity contribution in [3.8, 4) is 5.75 Å². The summed E-state index contributed by atoms with van der Waals surface area (Å²) < 4.78 is 85.7. The SMILES string of the molecule is CCOC(=O)C1=Cc2cc(C)cc(C(O)(I)C(F)(F)F)c2OC1C(F)(F)F. The van der Waals surface area contributed by atoms with E-state index in [0.717, 1.165) is 12.1 Å². The summed E-state index contributed by atoms with van der Waals surface area (Å²) in [5.74, 6) is -2.10. The van der Waals surface area contributed by atoms with Crippen molar-refractivity contribution < 1.29 is 45.7 Å². The third-order valence-corrected chi connectivity index (χ3v) is 4.82. The van der Waals surface area contributed by atoms with Crippen LogP contribution in [0.5, 0.6) is 5.75 Å². The van der Waals surface area contributed by atoms with Crippen LogP contribution >= 0.6 is 22.6 Å². The van der Waals surface area contributed by atoms with Crippen molar-refractivity contribution in [2.75, 3.05) is 6.61 Å². The third-order valence-electron chi connectivity index (χ3n) is 3.63. The van der Waals surface area contributed by atoms with E-state index in [1.807, 2.05) is 0 Å². The van der Waals surface area contributed by atoms with Crippen LogP contribution in [-0.4, -0.2) is 36.1 Å². The van der Waals surface area contributed by atoms with E-state index in [-0.39, 0.29) is 17.7 Å². The van der Waals surface area contributed by atoms with Crippen molar-refractivity contribution in [3.05, 3.63) is 34.4 Å². The first kappa shape index (κ1) is 21.8. The summed E-state index contributed by atoms with van der Waals surface area (Å²) in [6.07, 6.45) is -12.3. The maximum absolute atomic E-state index is 13.4. The zero-order valence-corrected chi connectivity index (χ0v) is 16.0. The summed E-state index contributed by atoms with van der Waals surface area (Å²) in [6, 6.07) is 2.13. The van der Waals surface area contributed by atoms with E-state index >= 15 is 0 Å². The molecule has 1 aromatic carbocycles. The molecule has 0 aromatic heterocycles. The molecule has 2 unspecified atom stereocenters. The minimum absolute atomic E-state index is 0.200. The minimum atomic E-state index is -5.18. The van der Waals surface area contributed by atoms with Crippen LogP contribution in [0.15, 0.2) is 17.7 Å². The summed E-state index contributed by atoms with van der Waals surface area (Å²) in [6.45, 7) is 2.58. The Bertz CT molecular complexity index is 782. The second-order valence-electron chi connectivity index (χ2n) is 5.71. The Balaban J connectivity index is 2.73. The van der Waals surface area contributed by atoms with Gasteiger partial charge in [0.1, 0.15) is 5.75 Å². The molecule has 1 aliphatic rings. The highest BCUT2D eigenvalue weighted by Crippen LogP contribution is 2.51. The van der Waals surface area contributed by atoms with Crippen molar-refractivity contribution in [1.82, 2.24) is 0 Å². The Morgan fingerprint density at radius 2 is 1.85 bits per heavy atom. The first-order valence-corrected chi connectivity index (χ1v) is 8.53. The smallest absolute Gasteiger partial charge is 0.431 e. The maximum atomic E-state index is 13.4. The molecule has 0 fully saturated rings. The molecule has 1 aromatic rings. The fraction of sp³-hybridized carbons (Fsp3) is 0.438. The van der Waals surface area contributed by atoms with Crippen molar-refractivity contribution in [3.63, 3.8) is 0 Å². The number of carbonyl (C=O) groups excluding carboxylic acids is 1. The number of benzene rings is 1. The normalized spacial score (nSPS) is 19.5. The van der Waals surface area contributed by atoms with Crippen LogP contribution < -0.4 is 4.74 Å². The predicted molar refractivity (Wildman–Crippen MR) is 90.2 cm³/mol. The topological polar surface area (TPSA) is 55.8 Å². The number of hydrogen-bond acceptors (Lipinski definition) is 4. The van der Waals surface area contributed by atoms with Gasteiger partial charge in [0, 0.05) is 11.1 Å². The molecule has 1 N–H and O–H groups in total. The van der Waals surface area contributed by atoms with Gasteiger partial charge in [-0.15, -0.1) is 0 Å². The molecule has 0 amide bonds. The van der Waals surface area contributed by atoms with Gasteiger partial charge >= 0.3 is 18.3 Å². The highest BCUT2D eigenvalue weighted by molar-refractivity contribution is 14.1. The number of esters is 1. The largest absolute Gasteiger partial charge is 0.475 e. The van der Waals surface area contributed by atoms with E-state index in [1.54, 1.807) is 0 Å². The van der Waals surface area contributed by atoms with Gasteiger partial charge in [-0.25, -0.2) is 4.79 Å². The molecule has 1 heterocycles. The summed E-state index contributed by atoms with van der Waals surface area (Å²) >= 11 is 0.688. The lowest BCUT2D eigenvalue weighted by molar-refractivity contribution is -0.217. The number of halogens is 7. The van der Waals surface area contributed by atoms with Gasteiger partial charge in [0.2, 0.25) is 9.71 Å². The van der Waals surface area contributed by atoms with E-state index in [4.69, 9.17) is 4.74 Å². The van der Waals surface area contributed by atoms with Crippen LogP contribution in [0.3, 0.4) is 0 Å². The lowest BCUT2D eigenvalue weighted by Gasteiger charge is -2.33. The number of aliphatic hydroxyl groups is 1. The van der Waals surface area contributed by atoms with Gasteiger partial charge in [-0.3, -0.25) is 0 Å². The van der Waals surface area contributed by atoms with Crippen molar-refractivity contribution >= 4 is 34.6 Å². The second kappa shape index (κ2) is 7.15. The quantitative estimate of drug-likeness (QED) is 0.284. The molecule has 0 aliphatic carbocycles. The Labute approximate surface area is 163 Å². The summed E-state index contributed by atoms with van der Waals surface area (Å²) in [5.41, 5.74) is -1.76. The van der Waals surface area contributed by atoms with Gasteiger partial charge in [0.05, 0.1) is 12.2 Å². The molecule has 0 bridgehead atoms. The fourth-order valence-corrected chi connectivity index (χ4v) is 2.89. The Kier molecular flexibility index (Phi) is 5.77. The molecule has 0 radical (unpaired) electrons. The molecule has 2 rings (SSSR count). The maximum Gasteiger partial charge on any atom is 0.431 e. The zero-order chi connectivity index (χ0) is 20.8. The van der Waals surface area contributed by atoms with E-state index < -0.39 is 44.9 Å². The zero-order valence-electron chi connectivity index (χ0n) is 13.8. The Morgan fingerprint density at radius 3 is 2.33 bits per heavy atom. The van der Waals surface area contributed by atoms with E-state index in [0.29, 0.717) is 22.6 Å². The average molecular weight is 510 g/mol. The van der Waals surface area contributed by atoms with Crippen LogP contribution in [0.1, 0.15) is 23.6 Å². The van der Waals surface area contributed by atoms with Gasteiger partial charge in [0.25, 0.3) is 0 Å². The van der Waals surface area contributed by atoms with Gasteiger partial charge in [-0.1, -0.05) is 0 Å². The first-order chi connectivity index (χ1) is 12.2. The van der Waals surface area contributed by atoms with Gasteiger partial charge in [-0.05, 0) is 60.2 Å². The summed E-state index contributed by atoms with van der Waals surface area (Å²) in [7, 11) is 0. The fourth-order valence-electron chi connectivity index (χ4n) is 2.49. The van der Waals surface area contributed by atoms with Crippen LogP contribution in [0.4, 0.5) is 26.3 Å². The number of fused-ring (bicyclic) bond motifs is 1. The Morgan fingerprint density at radius 1 is 1.26 bits per heavy atom. The second-order valence-corrected chi connectivity index (χ2v) is 7.27. The summed E-state index contributed by atoms with van der Waals surface area (Å²) in [5, 5.41) is 9.94. The predicted octanol–water partition coefficient (Wildman–Crippen LogP) is 4.41. The number of hydrogen-bond donors (Lipinski definition) is 1. The molecule has 0 saturated heterocycles. The lowest BCUT2D eigenvalue weighted by Crippen LogP contribution is -2.42. The number of alkyl halides is 7. The number of aryl methyl sites for hydroxylation is 1. The third kappa shape index (κ3) is 4.18. The highest BCUT2D eigenvalue weighted by Gasteiger charge is 2.56. The minimum Gasteiger partial charge on any atom is -0.475 e. The molecule has 150 valence electrons. The number of carbonyl (C=O) groups is 1. The number of ether oxygens (including phenoxy) is 2. The summed E-state index contributed by atoms with van der Waals surface area (Å²) in [4.78, 5) is 11.9. The first-order valence-electron chi connectivity index (χ1n) is 7.45. The van der Waals surface area contributed by atoms with Gasteiger partial charge in [0.15, 0.2) is 0 Å². The van der Waals surface area contributed by atoms with Crippen molar-refractivity contribution in [2.45, 2.75) is 35.9 Å². The van der Waals surface area contributed by atoms with Crippen molar-refractivity contribution in [1.29, 1.82) is 0 Å². The standard InChI is InChI=1S/C16H13F6IO4/c1-3-26-13(24)9-6-8-4-7(2)5-10(14(23,25)16(20,21)22)11(8)27-12(9)15(17,18)19/h4-6,12,25H,3H2,1-2H3. The molecule has 0 saturated carbocycles. The van der Waals surface area contributed by atoms with Crippen molar-refractivity contribution in [2.24, 2.45) is 0 Å². The van der Waals surface area contributed by atoms with E-state index in [2.05, 4.69) is 4.74 Å². The molecular weight excluding hydrogens is 497 g/mol. The molecular formula is C16H13F6IO4. The van der Waals surface area contributed by atoms with Crippen LogP contribution in [-0.2, 0) is 13.1 Å². The van der Waals surface area contributed by atoms with Crippen LogP contribution in [0, 0.1) is 6.92 Å². The van der Waals surface area contributed by atoms with E-state index in [9.17, 15) is 36.2 Å². The highest BCUT2D eigenvalue weighted by atomic mass is 127. The Hall–Kier alpha value is -1.50. The molecule has 1 aliphatic heterocycles. The molecule has 11 heteroatoms. The van der Waals surface area contributed by atoms with Crippen LogP contribution in [0.25, 0.3) is 6.08 Å². The monoisotopic (exact) mass is 510 g/mol. The molecule has 27 heavy (non-hydrogen) atoms. The van der Waals surface area contributed by atoms with E-state index in [1.165, 1.54) is 19.9 Å². The van der Waals surface area contributed by atoms with Gasteiger partial charge in [-0.2, -0.15) is 26.3 Å². The lowest BCUT2D eigenvalue weighted by atomic mass is 9.94. The van der Waals surface area contributed by atoms with Crippen LogP contribution in [0.2, 0.25) is 0 Å². The van der Waals surface area contributed by atoms with Gasteiger partial charge < -0.3 is 14.6 Å².